The van der Waals surface area contributed by atoms with Gasteiger partial charge < -0.3 is 20.6 Å². The van der Waals surface area contributed by atoms with Crippen LogP contribution in [-0.2, 0) is 0 Å². The van der Waals surface area contributed by atoms with E-state index >= 15 is 0 Å². The normalized spacial score (nSPS) is 14.4. The second kappa shape index (κ2) is 6.47. The molecule has 0 spiro atoms. The fourth-order valence-electron chi connectivity index (χ4n) is 1.75. The molecule has 2 aromatic rings. The van der Waals surface area contributed by atoms with Crippen LogP contribution in [0, 0.1) is 0 Å². The van der Waals surface area contributed by atoms with E-state index in [1.807, 2.05) is 32.0 Å². The van der Waals surface area contributed by atoms with E-state index in [-0.39, 0.29) is 6.61 Å². The Labute approximate surface area is 122 Å². The van der Waals surface area contributed by atoms with Crippen molar-refractivity contribution in [2.24, 2.45) is 5.73 Å². The van der Waals surface area contributed by atoms with Gasteiger partial charge in [-0.1, -0.05) is 11.8 Å². The maximum absolute atomic E-state index is 9.12. The summed E-state index contributed by atoms with van der Waals surface area (Å²) in [4.78, 5) is 7.78. The van der Waals surface area contributed by atoms with Crippen LogP contribution in [-0.4, -0.2) is 39.6 Å². The van der Waals surface area contributed by atoms with Crippen molar-refractivity contribution in [1.82, 2.24) is 9.97 Å². The first-order chi connectivity index (χ1) is 9.54. The zero-order valence-corrected chi connectivity index (χ0v) is 12.7. The fraction of sp³-hybridized carbons (Fsp3) is 0.500. The third kappa shape index (κ3) is 3.88. The number of fused-ring (bicyclic) bond motifs is 1. The highest BCUT2D eigenvalue weighted by atomic mass is 32.2. The van der Waals surface area contributed by atoms with Gasteiger partial charge in [0.2, 0.25) is 0 Å². The van der Waals surface area contributed by atoms with Gasteiger partial charge in [-0.2, -0.15) is 0 Å². The van der Waals surface area contributed by atoms with E-state index in [0.717, 1.165) is 34.1 Å². The molecule has 0 amide bonds. The molecule has 0 saturated carbocycles. The van der Waals surface area contributed by atoms with Crippen LogP contribution in [0.1, 0.15) is 20.3 Å². The van der Waals surface area contributed by atoms with Crippen molar-refractivity contribution in [2.45, 2.75) is 31.0 Å². The number of aromatic amines is 1. The number of nitrogens with zero attached hydrogens (tertiary/aromatic N) is 1. The lowest BCUT2D eigenvalue weighted by molar-refractivity contribution is 0.206. The number of ether oxygens (including phenoxy) is 1. The van der Waals surface area contributed by atoms with Crippen molar-refractivity contribution in [1.29, 1.82) is 0 Å². The smallest absolute Gasteiger partial charge is 0.166 e. The molecule has 0 bridgehead atoms. The summed E-state index contributed by atoms with van der Waals surface area (Å²) in [6.45, 7) is 4.45. The summed E-state index contributed by atoms with van der Waals surface area (Å²) < 4.78 is 5.46. The number of hydrogen-bond donors (Lipinski definition) is 3. The summed E-state index contributed by atoms with van der Waals surface area (Å²) in [6.07, 6.45) is 0.732. The standard InChI is InChI=1S/C14H21N3O2S/c1-3-19-10-4-5-11-12(8-10)17-13(16-11)20-7-6-14(2,15)9-18/h4-5,8,18H,3,6-7,9,15H2,1-2H3,(H,16,17). The molecule has 0 radical (unpaired) electrons. The molecular formula is C14H21N3O2S. The van der Waals surface area contributed by atoms with E-state index in [9.17, 15) is 0 Å². The fourth-order valence-corrected chi connectivity index (χ4v) is 2.86. The van der Waals surface area contributed by atoms with Gasteiger partial charge in [0.25, 0.3) is 0 Å². The van der Waals surface area contributed by atoms with E-state index in [4.69, 9.17) is 15.6 Å². The summed E-state index contributed by atoms with van der Waals surface area (Å²) >= 11 is 1.61. The van der Waals surface area contributed by atoms with Crippen LogP contribution in [0.2, 0.25) is 0 Å². The van der Waals surface area contributed by atoms with Gasteiger partial charge >= 0.3 is 0 Å². The van der Waals surface area contributed by atoms with Crippen molar-refractivity contribution >= 4 is 22.8 Å². The van der Waals surface area contributed by atoms with Crippen LogP contribution in [0.4, 0.5) is 0 Å². The number of H-pyrrole nitrogens is 1. The molecule has 1 heterocycles. The number of aromatic nitrogens is 2. The molecule has 0 aliphatic heterocycles. The lowest BCUT2D eigenvalue weighted by Gasteiger charge is -2.20. The van der Waals surface area contributed by atoms with E-state index < -0.39 is 5.54 Å². The molecule has 2 rings (SSSR count). The minimum absolute atomic E-state index is 0.00852. The SMILES string of the molecule is CCOc1ccc2nc(SCCC(C)(N)CO)[nH]c2c1. The average Bonchev–Trinajstić information content (AvgIpc) is 2.81. The summed E-state index contributed by atoms with van der Waals surface area (Å²) in [5.74, 6) is 1.65. The Morgan fingerprint density at radius 2 is 2.30 bits per heavy atom. The molecule has 0 saturated heterocycles. The van der Waals surface area contributed by atoms with Gasteiger partial charge in [-0.3, -0.25) is 0 Å². The van der Waals surface area contributed by atoms with Crippen LogP contribution in [0.15, 0.2) is 23.4 Å². The number of hydrogen-bond acceptors (Lipinski definition) is 5. The number of rotatable bonds is 7. The maximum atomic E-state index is 9.12. The lowest BCUT2D eigenvalue weighted by Crippen LogP contribution is -2.40. The van der Waals surface area contributed by atoms with Crippen LogP contribution in [0.25, 0.3) is 11.0 Å². The minimum Gasteiger partial charge on any atom is -0.494 e. The molecule has 5 nitrogen and oxygen atoms in total. The Morgan fingerprint density at radius 1 is 1.50 bits per heavy atom. The molecule has 1 unspecified atom stereocenters. The van der Waals surface area contributed by atoms with E-state index in [2.05, 4.69) is 9.97 Å². The Kier molecular flexibility index (Phi) is 4.91. The van der Waals surface area contributed by atoms with Crippen LogP contribution < -0.4 is 10.5 Å². The Bertz CT molecular complexity index is 569. The Morgan fingerprint density at radius 3 is 3.00 bits per heavy atom. The predicted molar refractivity (Wildman–Crippen MR) is 82.3 cm³/mol. The van der Waals surface area contributed by atoms with Crippen LogP contribution >= 0.6 is 11.8 Å². The largest absolute Gasteiger partial charge is 0.494 e. The lowest BCUT2D eigenvalue weighted by atomic mass is 10.0. The number of nitrogens with two attached hydrogens (primary N) is 1. The van der Waals surface area contributed by atoms with E-state index in [0.29, 0.717) is 6.61 Å². The van der Waals surface area contributed by atoms with Gasteiger partial charge in [-0.15, -0.1) is 0 Å². The third-order valence-electron chi connectivity index (χ3n) is 3.02. The highest BCUT2D eigenvalue weighted by Crippen LogP contribution is 2.24. The molecule has 0 aliphatic rings. The van der Waals surface area contributed by atoms with Gasteiger partial charge in [-0.05, 0) is 32.4 Å². The number of aliphatic hydroxyl groups excluding tert-OH is 1. The number of nitrogens with one attached hydrogen (secondary N) is 1. The molecule has 1 aromatic heterocycles. The first-order valence-corrected chi connectivity index (χ1v) is 7.68. The average molecular weight is 295 g/mol. The van der Waals surface area contributed by atoms with Gasteiger partial charge in [0.1, 0.15) is 5.75 Å². The zero-order valence-electron chi connectivity index (χ0n) is 11.8. The van der Waals surface area contributed by atoms with Crippen molar-refractivity contribution in [3.8, 4) is 5.75 Å². The molecule has 0 aliphatic carbocycles. The topological polar surface area (TPSA) is 84.2 Å². The van der Waals surface area contributed by atoms with E-state index in [1.54, 1.807) is 11.8 Å². The summed E-state index contributed by atoms with van der Waals surface area (Å²) in [6, 6.07) is 5.82. The first kappa shape index (κ1) is 15.2. The van der Waals surface area contributed by atoms with Crippen molar-refractivity contribution in [3.05, 3.63) is 18.2 Å². The molecular weight excluding hydrogens is 274 g/mol. The van der Waals surface area contributed by atoms with Crippen LogP contribution in [0.5, 0.6) is 5.75 Å². The number of imidazole rings is 1. The van der Waals surface area contributed by atoms with Gasteiger partial charge in [0, 0.05) is 17.4 Å². The highest BCUT2D eigenvalue weighted by Gasteiger charge is 2.16. The van der Waals surface area contributed by atoms with Gasteiger partial charge in [-0.25, -0.2) is 4.98 Å². The number of benzene rings is 1. The number of thioether (sulfide) groups is 1. The van der Waals surface area contributed by atoms with Crippen LogP contribution in [0.3, 0.4) is 0 Å². The molecule has 1 aromatic carbocycles. The Hall–Kier alpha value is -1.24. The Balaban J connectivity index is 2.01. The second-order valence-corrected chi connectivity index (χ2v) is 6.15. The van der Waals surface area contributed by atoms with Crippen molar-refractivity contribution in [3.63, 3.8) is 0 Å². The maximum Gasteiger partial charge on any atom is 0.166 e. The number of aliphatic hydroxyl groups is 1. The predicted octanol–water partition coefficient (Wildman–Crippen LogP) is 2.15. The summed E-state index contributed by atoms with van der Waals surface area (Å²) in [7, 11) is 0. The van der Waals surface area contributed by atoms with Gasteiger partial charge in [0.15, 0.2) is 5.16 Å². The van der Waals surface area contributed by atoms with Gasteiger partial charge in [0.05, 0.1) is 24.2 Å². The second-order valence-electron chi connectivity index (χ2n) is 5.06. The van der Waals surface area contributed by atoms with Crippen molar-refractivity contribution in [2.75, 3.05) is 19.0 Å². The molecule has 1 atom stereocenters. The third-order valence-corrected chi connectivity index (χ3v) is 3.89. The zero-order chi connectivity index (χ0) is 14.6. The molecule has 6 heteroatoms. The monoisotopic (exact) mass is 295 g/mol. The molecule has 0 fully saturated rings. The first-order valence-electron chi connectivity index (χ1n) is 6.69. The van der Waals surface area contributed by atoms with Crippen molar-refractivity contribution < 1.29 is 9.84 Å². The summed E-state index contributed by atoms with van der Waals surface area (Å²) in [5, 5.41) is 9.98. The molecule has 110 valence electrons. The molecule has 4 N–H and O–H groups in total. The highest BCUT2D eigenvalue weighted by molar-refractivity contribution is 7.99. The van der Waals surface area contributed by atoms with E-state index in [1.165, 1.54) is 0 Å². The summed E-state index contributed by atoms with van der Waals surface area (Å²) in [5.41, 5.74) is 7.26. The molecule has 20 heavy (non-hydrogen) atoms. The minimum atomic E-state index is -0.527. The quantitative estimate of drug-likeness (QED) is 0.682.